The molecule has 1 radical (unpaired) electrons. The van der Waals surface area contributed by atoms with Gasteiger partial charge in [0.1, 0.15) is 0 Å². The molecule has 1 aromatic carbocycles. The van der Waals surface area contributed by atoms with Crippen molar-refractivity contribution in [2.75, 3.05) is 0 Å². The van der Waals surface area contributed by atoms with Crippen molar-refractivity contribution in [1.29, 1.82) is 0 Å². The van der Waals surface area contributed by atoms with E-state index in [1.807, 2.05) is 18.2 Å². The van der Waals surface area contributed by atoms with Gasteiger partial charge in [0.15, 0.2) is 0 Å². The van der Waals surface area contributed by atoms with Crippen LogP contribution in [0.15, 0.2) is 30.3 Å². The first-order valence-corrected chi connectivity index (χ1v) is 5.32. The first-order valence-electron chi connectivity index (χ1n) is 4.39. The van der Waals surface area contributed by atoms with E-state index in [4.69, 9.17) is 41.9 Å². The largest absolute Gasteiger partial charge is 0 e. The van der Waals surface area contributed by atoms with E-state index in [-0.39, 0.29) is 43.2 Å². The molecule has 0 bridgehead atoms. The normalized spacial score (nSPS) is 3.41. The Kier molecular flexibility index (Phi) is 462. The minimum Gasteiger partial charge on any atom is 0 e. The predicted molar refractivity (Wildman–Crippen MR) is 65.9 cm³/mol. The van der Waals surface area contributed by atoms with E-state index < -0.39 is 0 Å². The van der Waals surface area contributed by atoms with Gasteiger partial charge in [-0.3, -0.25) is 0 Å². The fourth-order valence-electron chi connectivity index (χ4n) is 0.569. The van der Waals surface area contributed by atoms with E-state index >= 15 is 0 Å². The first-order chi connectivity index (χ1) is 13.3. The van der Waals surface area contributed by atoms with Gasteiger partial charge < -0.3 is 0 Å². The van der Waals surface area contributed by atoms with E-state index in [1.54, 1.807) is 30.6 Å². The molecule has 0 unspecified atom stereocenters. The second-order valence-electron chi connectivity index (χ2n) is 1.64. The van der Waals surface area contributed by atoms with Gasteiger partial charge in [-0.1, -0.05) is 0 Å². The van der Waals surface area contributed by atoms with Crippen LogP contribution >= 0.6 is 0 Å². The zero-order valence-electron chi connectivity index (χ0n) is 14.2. The van der Waals surface area contributed by atoms with Gasteiger partial charge in [0, 0.05) is 20.1 Å². The summed E-state index contributed by atoms with van der Waals surface area (Å²) in [4.78, 5) is 0. The smallest absolute Gasteiger partial charge is 0 e. The fraction of sp³-hybridized carbons (Fsp3) is 0. The predicted octanol–water partition coefficient (Wildman–Crippen LogP) is -3.26. The third-order valence-corrected chi connectivity index (χ3v) is 1.54. The minimum absolute atomic E-state index is 0. The van der Waals surface area contributed by atoms with Gasteiger partial charge >= 0.3 is 184 Å². The Hall–Kier alpha value is -1.39. The van der Waals surface area contributed by atoms with E-state index in [9.17, 15) is 5.11 Å². The zero-order chi connectivity index (χ0) is 24.7. The van der Waals surface area contributed by atoms with Crippen LogP contribution in [0.2, 0.25) is 0 Å². The van der Waals surface area contributed by atoms with Gasteiger partial charge in [0.05, 0.1) is 0 Å². The van der Waals surface area contributed by atoms with Gasteiger partial charge in [-0.2, -0.15) is 0 Å². The average Bonchev–Trinajstić information content (AvgIpc) is 2.86. The Balaban J connectivity index is -0.0000000157. The van der Waals surface area contributed by atoms with Gasteiger partial charge in [-0.15, -0.1) is 0 Å². The molecule has 0 saturated heterocycles. The van der Waals surface area contributed by atoms with Crippen LogP contribution < -0.4 is 24.0 Å². The number of rotatable bonds is 1. The maximum atomic E-state index is 10.6. The fourth-order valence-corrected chi connectivity index (χ4v) is 0.879. The van der Waals surface area contributed by atoms with Gasteiger partial charge in [0.2, 0.25) is 0 Å². The number of benzene rings is 1. The summed E-state index contributed by atoms with van der Waals surface area (Å²) in [7, 11) is 0. The van der Waals surface area contributed by atoms with Crippen LogP contribution in [-0.4, -0.2) is 4.21 Å². The van der Waals surface area contributed by atoms with E-state index in [1.165, 1.54) is 0 Å². The first kappa shape index (κ1) is 70.9. The molecule has 0 aliphatic carbocycles. The molecule has 0 amide bonds. The molecule has 1 rings (SSSR count). The van der Waals surface area contributed by atoms with E-state index in [2.05, 4.69) is 59.9 Å². The van der Waals surface area contributed by atoms with Crippen molar-refractivity contribution in [2.45, 2.75) is 0 Å². The third kappa shape index (κ3) is 143. The van der Waals surface area contributed by atoms with Crippen molar-refractivity contribution in [3.05, 3.63) is 95.7 Å². The van der Waals surface area contributed by atoms with Crippen molar-refractivity contribution in [1.82, 2.24) is 0 Å². The standard InChI is InChI=1S/C7H5O.9CO.Li.2Tc/c8-6-7-4-2-1-3-5-7;9*1-2;;;/h1-5H;;;;;;;;;;;;/q-1;;;;;;;;;;+1;;. The van der Waals surface area contributed by atoms with Crippen LogP contribution in [0.1, 0.15) is 5.56 Å². The SMILES string of the molecule is [C-]#[O+].[C-]#[O+].[C-]#[O+].[C-]#[O+].[C-]#[O+].[C-]#[O+].[C-]#[O+].[C-]#[O+].[C-]#[O+].[Li+].[O-][C](=[Tc])c1ccccc1.[Tc]. The molecule has 1 aromatic rings. The molecule has 0 aliphatic heterocycles. The molecule has 0 saturated carbocycles. The monoisotopic (exact) mass is 558 g/mol. The quantitative estimate of drug-likeness (QED) is 0.194. The Morgan fingerprint density at radius 2 is 0.724 bits per heavy atom. The number of hydrogen-bond acceptors (Lipinski definition) is 1. The van der Waals surface area contributed by atoms with Crippen molar-refractivity contribution in [2.24, 2.45) is 0 Å². The van der Waals surface area contributed by atoms with Crippen molar-refractivity contribution in [3.8, 4) is 0 Å². The van der Waals surface area contributed by atoms with E-state index in [0.29, 0.717) is 0 Å². The van der Waals surface area contributed by atoms with Crippen molar-refractivity contribution in [3.63, 3.8) is 0 Å². The van der Waals surface area contributed by atoms with Crippen LogP contribution in [0, 0.1) is 59.9 Å². The molecule has 29 heavy (non-hydrogen) atoms. The molecule has 0 heterocycles. The molecule has 0 spiro atoms. The van der Waals surface area contributed by atoms with Crippen LogP contribution in [0.4, 0.5) is 0 Å². The Bertz CT molecular complexity index is 470. The molecule has 0 aliphatic rings. The molecule has 0 fully saturated rings. The second kappa shape index (κ2) is 189. The summed E-state index contributed by atoms with van der Waals surface area (Å²) in [5.41, 5.74) is 0.762. The van der Waals surface area contributed by atoms with Crippen LogP contribution in [-0.2, 0) is 80.4 Å². The maximum Gasteiger partial charge on any atom is 0 e. The Labute approximate surface area is 203 Å². The van der Waals surface area contributed by atoms with Crippen LogP contribution in [0.5, 0.6) is 0 Å². The summed E-state index contributed by atoms with van der Waals surface area (Å²) in [5, 5.41) is 10.6. The maximum absolute atomic E-state index is 10.6. The Morgan fingerprint density at radius 3 is 0.828 bits per heavy atom. The molecular weight excluding hydrogens is 555 g/mol. The summed E-state index contributed by atoms with van der Waals surface area (Å²) in [6, 6.07) is 9.20. The third-order valence-electron chi connectivity index (χ3n) is 1.00. The molecular formula is C16H5LiO10Tc2. The zero-order valence-corrected chi connectivity index (χ0v) is 17.9. The van der Waals surface area contributed by atoms with Gasteiger partial charge in [0.25, 0.3) is 0 Å². The second-order valence-corrected chi connectivity index (χ2v) is 2.48. The summed E-state index contributed by atoms with van der Waals surface area (Å²) < 4.78 is 67.6. The molecule has 10 nitrogen and oxygen atoms in total. The number of hydrogen-bond donors (Lipinski definition) is 0. The Morgan fingerprint density at radius 1 is 0.552 bits per heavy atom. The molecule has 144 valence electrons. The molecule has 13 heteroatoms. The average molecular weight is 560 g/mol. The van der Waals surface area contributed by atoms with Gasteiger partial charge in [-0.25, -0.2) is 0 Å². The topological polar surface area (TPSA) is 202 Å². The summed E-state index contributed by atoms with van der Waals surface area (Å²) >= 11 is 1.77. The van der Waals surface area contributed by atoms with Crippen molar-refractivity contribution >= 4 is 4.21 Å². The molecule has 0 atom stereocenters. The minimum atomic E-state index is 0. The summed E-state index contributed by atoms with van der Waals surface area (Å²) in [6.45, 7) is 40.5. The summed E-state index contributed by atoms with van der Waals surface area (Å²) in [5.74, 6) is 0. The van der Waals surface area contributed by atoms with Crippen molar-refractivity contribution < 1.29 is 104 Å². The van der Waals surface area contributed by atoms with E-state index in [0.717, 1.165) is 5.56 Å². The van der Waals surface area contributed by atoms with Crippen LogP contribution in [0.3, 0.4) is 0 Å². The summed E-state index contributed by atoms with van der Waals surface area (Å²) in [6.07, 6.45) is 0. The molecule has 0 aromatic heterocycles. The van der Waals surface area contributed by atoms with Crippen LogP contribution in [0.25, 0.3) is 0 Å². The molecule has 0 N–H and O–H groups in total. The van der Waals surface area contributed by atoms with Gasteiger partial charge in [-0.05, 0) is 0 Å².